The number of carbonyl (C=O) groups is 1. The Labute approximate surface area is 142 Å². The number of hydrogen-bond donors (Lipinski definition) is 1. The van der Waals surface area contributed by atoms with Crippen LogP contribution in [0.25, 0.3) is 10.8 Å². The van der Waals surface area contributed by atoms with Gasteiger partial charge in [0.1, 0.15) is 5.75 Å². The third-order valence-electron chi connectivity index (χ3n) is 4.12. The van der Waals surface area contributed by atoms with Crippen LogP contribution in [0.1, 0.15) is 18.1 Å². The molecule has 1 N–H and O–H groups in total. The van der Waals surface area contributed by atoms with Crippen molar-refractivity contribution in [2.75, 3.05) is 0 Å². The molecule has 0 aromatic heterocycles. The minimum atomic E-state index is -0.546. The zero-order valence-electron chi connectivity index (χ0n) is 14.0. The predicted octanol–water partition coefficient (Wildman–Crippen LogP) is 4.23. The molecule has 3 nitrogen and oxygen atoms in total. The fourth-order valence-electron chi connectivity index (χ4n) is 2.63. The molecule has 0 aliphatic heterocycles. The Morgan fingerprint density at radius 3 is 2.50 bits per heavy atom. The van der Waals surface area contributed by atoms with Crippen LogP contribution in [0.4, 0.5) is 0 Å². The van der Waals surface area contributed by atoms with Gasteiger partial charge in [-0.2, -0.15) is 0 Å². The maximum atomic E-state index is 12.3. The molecule has 0 spiro atoms. The van der Waals surface area contributed by atoms with Crippen LogP contribution < -0.4 is 10.1 Å². The molecular weight excluding hydrogens is 298 g/mol. The summed E-state index contributed by atoms with van der Waals surface area (Å²) in [6.07, 6.45) is -0.546. The van der Waals surface area contributed by atoms with E-state index in [1.165, 1.54) is 5.56 Å². The molecular formula is C21H21NO2. The lowest BCUT2D eigenvalue weighted by Crippen LogP contribution is -2.36. The van der Waals surface area contributed by atoms with E-state index < -0.39 is 6.10 Å². The number of ether oxygens (including phenoxy) is 1. The predicted molar refractivity (Wildman–Crippen MR) is 97.1 cm³/mol. The van der Waals surface area contributed by atoms with Crippen molar-refractivity contribution in [1.82, 2.24) is 5.32 Å². The zero-order chi connectivity index (χ0) is 16.9. The molecule has 122 valence electrons. The lowest BCUT2D eigenvalue weighted by molar-refractivity contribution is -0.127. The lowest BCUT2D eigenvalue weighted by atomic mass is 10.1. The van der Waals surface area contributed by atoms with Crippen molar-refractivity contribution >= 4 is 16.7 Å². The third kappa shape index (κ3) is 3.74. The van der Waals surface area contributed by atoms with E-state index in [1.54, 1.807) is 6.92 Å². The van der Waals surface area contributed by atoms with E-state index in [0.29, 0.717) is 12.3 Å². The molecule has 3 heteroatoms. The number of fused-ring (bicyclic) bond motifs is 1. The highest BCUT2D eigenvalue weighted by atomic mass is 16.5. The Bertz CT molecular complexity index is 857. The van der Waals surface area contributed by atoms with Gasteiger partial charge in [-0.3, -0.25) is 4.79 Å². The van der Waals surface area contributed by atoms with Gasteiger partial charge in [0.05, 0.1) is 0 Å². The monoisotopic (exact) mass is 319 g/mol. The van der Waals surface area contributed by atoms with Crippen molar-refractivity contribution in [2.45, 2.75) is 26.5 Å². The summed E-state index contributed by atoms with van der Waals surface area (Å²) in [5, 5.41) is 5.19. The Kier molecular flexibility index (Phi) is 4.80. The standard InChI is InChI=1S/C21H21NO2/c1-15-7-3-4-10-19(15)14-22-21(23)16(2)24-20-12-11-17-8-5-6-9-18(17)13-20/h3-13,16H,14H2,1-2H3,(H,22,23)/t16-/m1/s1. The molecule has 0 fully saturated rings. The van der Waals surface area contributed by atoms with Gasteiger partial charge in [0.25, 0.3) is 5.91 Å². The molecule has 24 heavy (non-hydrogen) atoms. The van der Waals surface area contributed by atoms with Crippen LogP contribution >= 0.6 is 0 Å². The highest BCUT2D eigenvalue weighted by Crippen LogP contribution is 2.21. The van der Waals surface area contributed by atoms with Crippen molar-refractivity contribution in [3.05, 3.63) is 77.9 Å². The molecule has 0 saturated heterocycles. The highest BCUT2D eigenvalue weighted by Gasteiger charge is 2.14. The van der Waals surface area contributed by atoms with Gasteiger partial charge in [0.15, 0.2) is 6.10 Å². The van der Waals surface area contributed by atoms with Crippen molar-refractivity contribution in [3.63, 3.8) is 0 Å². The molecule has 0 aliphatic carbocycles. The van der Waals surface area contributed by atoms with Crippen molar-refractivity contribution in [2.24, 2.45) is 0 Å². The van der Waals surface area contributed by atoms with Crippen LogP contribution in [0.15, 0.2) is 66.7 Å². The van der Waals surface area contributed by atoms with E-state index in [4.69, 9.17) is 4.74 Å². The van der Waals surface area contributed by atoms with Gasteiger partial charge in [-0.25, -0.2) is 0 Å². The van der Waals surface area contributed by atoms with E-state index in [-0.39, 0.29) is 5.91 Å². The fraction of sp³-hybridized carbons (Fsp3) is 0.190. The van der Waals surface area contributed by atoms with Gasteiger partial charge in [-0.15, -0.1) is 0 Å². The van der Waals surface area contributed by atoms with Crippen molar-refractivity contribution in [3.8, 4) is 5.75 Å². The normalized spacial score (nSPS) is 11.9. The zero-order valence-corrected chi connectivity index (χ0v) is 14.0. The topological polar surface area (TPSA) is 38.3 Å². The number of amides is 1. The van der Waals surface area contributed by atoms with Gasteiger partial charge >= 0.3 is 0 Å². The summed E-state index contributed by atoms with van der Waals surface area (Å²) in [7, 11) is 0. The second kappa shape index (κ2) is 7.18. The number of benzene rings is 3. The van der Waals surface area contributed by atoms with Crippen LogP contribution in [-0.2, 0) is 11.3 Å². The van der Waals surface area contributed by atoms with Gasteiger partial charge in [-0.1, -0.05) is 54.6 Å². The summed E-state index contributed by atoms with van der Waals surface area (Å²) in [5.74, 6) is 0.582. The van der Waals surface area contributed by atoms with Crippen LogP contribution in [-0.4, -0.2) is 12.0 Å². The minimum absolute atomic E-state index is 0.119. The average Bonchev–Trinajstić information content (AvgIpc) is 2.60. The first-order valence-electron chi connectivity index (χ1n) is 8.11. The van der Waals surface area contributed by atoms with Gasteiger partial charge in [-0.05, 0) is 47.9 Å². The summed E-state index contributed by atoms with van der Waals surface area (Å²) < 4.78 is 5.79. The second-order valence-electron chi connectivity index (χ2n) is 5.91. The number of nitrogens with one attached hydrogen (secondary N) is 1. The van der Waals surface area contributed by atoms with E-state index in [2.05, 4.69) is 11.4 Å². The fourth-order valence-corrected chi connectivity index (χ4v) is 2.63. The summed E-state index contributed by atoms with van der Waals surface area (Å²) in [6.45, 7) is 4.32. The second-order valence-corrected chi connectivity index (χ2v) is 5.91. The average molecular weight is 319 g/mol. The minimum Gasteiger partial charge on any atom is -0.481 e. The number of carbonyl (C=O) groups excluding carboxylic acids is 1. The Hall–Kier alpha value is -2.81. The molecule has 0 bridgehead atoms. The molecule has 0 aliphatic rings. The Balaban J connectivity index is 1.61. The maximum absolute atomic E-state index is 12.3. The summed E-state index contributed by atoms with van der Waals surface area (Å²) in [4.78, 5) is 12.3. The van der Waals surface area contributed by atoms with E-state index in [9.17, 15) is 4.79 Å². The quantitative estimate of drug-likeness (QED) is 0.764. The first kappa shape index (κ1) is 16.1. The van der Waals surface area contributed by atoms with E-state index >= 15 is 0 Å². The largest absolute Gasteiger partial charge is 0.481 e. The maximum Gasteiger partial charge on any atom is 0.261 e. The molecule has 0 unspecified atom stereocenters. The SMILES string of the molecule is Cc1ccccc1CNC(=O)[C@@H](C)Oc1ccc2ccccc2c1. The Morgan fingerprint density at radius 1 is 1.00 bits per heavy atom. The smallest absolute Gasteiger partial charge is 0.261 e. The molecule has 1 amide bonds. The third-order valence-corrected chi connectivity index (χ3v) is 4.12. The summed E-state index contributed by atoms with van der Waals surface area (Å²) in [6, 6.07) is 22.0. The van der Waals surface area contributed by atoms with E-state index in [1.807, 2.05) is 67.6 Å². The molecule has 3 aromatic rings. The molecule has 0 heterocycles. The first-order valence-corrected chi connectivity index (χ1v) is 8.11. The number of hydrogen-bond acceptors (Lipinski definition) is 2. The highest BCUT2D eigenvalue weighted by molar-refractivity contribution is 5.84. The molecule has 3 rings (SSSR count). The molecule has 3 aromatic carbocycles. The van der Waals surface area contributed by atoms with Gasteiger partial charge in [0, 0.05) is 6.54 Å². The number of rotatable bonds is 5. The molecule has 1 atom stereocenters. The van der Waals surface area contributed by atoms with Crippen LogP contribution in [0.3, 0.4) is 0 Å². The first-order chi connectivity index (χ1) is 11.6. The van der Waals surface area contributed by atoms with Gasteiger partial charge < -0.3 is 10.1 Å². The lowest BCUT2D eigenvalue weighted by Gasteiger charge is -2.15. The van der Waals surface area contributed by atoms with E-state index in [0.717, 1.165) is 16.3 Å². The summed E-state index contributed by atoms with van der Waals surface area (Å²) in [5.41, 5.74) is 2.28. The molecule has 0 radical (unpaired) electrons. The summed E-state index contributed by atoms with van der Waals surface area (Å²) >= 11 is 0. The molecule has 0 saturated carbocycles. The van der Waals surface area contributed by atoms with Crippen LogP contribution in [0.5, 0.6) is 5.75 Å². The number of aryl methyl sites for hydroxylation is 1. The Morgan fingerprint density at radius 2 is 1.71 bits per heavy atom. The van der Waals surface area contributed by atoms with Gasteiger partial charge in [0.2, 0.25) is 0 Å². The van der Waals surface area contributed by atoms with Crippen molar-refractivity contribution in [1.29, 1.82) is 0 Å². The van der Waals surface area contributed by atoms with Crippen LogP contribution in [0.2, 0.25) is 0 Å². The van der Waals surface area contributed by atoms with Crippen LogP contribution in [0, 0.1) is 6.92 Å². The van der Waals surface area contributed by atoms with Crippen molar-refractivity contribution < 1.29 is 9.53 Å².